The van der Waals surface area contributed by atoms with Crippen LogP contribution in [-0.2, 0) is 0 Å². The summed E-state index contributed by atoms with van der Waals surface area (Å²) < 4.78 is 0. The van der Waals surface area contributed by atoms with Crippen LogP contribution in [0.4, 0.5) is 0 Å². The molecule has 1 aliphatic carbocycles. The standard InChI is InChI=1S/C7H13NO2/c1-7(2)5(8-10)3-4-6(7)9/h6,9-10H,3-4H2,1-2H3/b8-5+/t6-/m0/s1. The lowest BCUT2D eigenvalue weighted by molar-refractivity contribution is 0.104. The molecule has 0 spiro atoms. The van der Waals surface area contributed by atoms with Crippen LogP contribution in [0.25, 0.3) is 0 Å². The van der Waals surface area contributed by atoms with E-state index in [1.165, 1.54) is 0 Å². The van der Waals surface area contributed by atoms with Crippen molar-refractivity contribution in [1.29, 1.82) is 0 Å². The largest absolute Gasteiger partial charge is 0.411 e. The van der Waals surface area contributed by atoms with Gasteiger partial charge in [0.25, 0.3) is 0 Å². The second-order valence-electron chi connectivity index (χ2n) is 3.32. The highest BCUT2D eigenvalue weighted by Gasteiger charge is 2.39. The Hall–Kier alpha value is -0.570. The van der Waals surface area contributed by atoms with Gasteiger partial charge in [-0.25, -0.2) is 0 Å². The van der Waals surface area contributed by atoms with Crippen molar-refractivity contribution in [2.24, 2.45) is 10.6 Å². The lowest BCUT2D eigenvalue weighted by Gasteiger charge is -2.21. The van der Waals surface area contributed by atoms with E-state index in [-0.39, 0.29) is 11.5 Å². The lowest BCUT2D eigenvalue weighted by Crippen LogP contribution is -2.28. The van der Waals surface area contributed by atoms with Gasteiger partial charge in [0.15, 0.2) is 0 Å². The number of rotatable bonds is 0. The van der Waals surface area contributed by atoms with Crippen LogP contribution in [0, 0.1) is 5.41 Å². The van der Waals surface area contributed by atoms with Crippen LogP contribution in [-0.4, -0.2) is 22.1 Å². The summed E-state index contributed by atoms with van der Waals surface area (Å²) in [6, 6.07) is 0. The molecule has 3 nitrogen and oxygen atoms in total. The van der Waals surface area contributed by atoms with Gasteiger partial charge in [-0.1, -0.05) is 19.0 Å². The maximum atomic E-state index is 9.37. The van der Waals surface area contributed by atoms with Crippen LogP contribution in [0.1, 0.15) is 26.7 Å². The highest BCUT2D eigenvalue weighted by molar-refractivity contribution is 5.91. The summed E-state index contributed by atoms with van der Waals surface area (Å²) in [6.45, 7) is 3.78. The van der Waals surface area contributed by atoms with Crippen molar-refractivity contribution in [1.82, 2.24) is 0 Å². The normalized spacial score (nSPS) is 35.1. The van der Waals surface area contributed by atoms with Gasteiger partial charge >= 0.3 is 0 Å². The third kappa shape index (κ3) is 0.904. The summed E-state index contributed by atoms with van der Waals surface area (Å²) >= 11 is 0. The first kappa shape index (κ1) is 7.54. The van der Waals surface area contributed by atoms with Gasteiger partial charge in [-0.3, -0.25) is 0 Å². The average Bonchev–Trinajstić information content (AvgIpc) is 2.10. The molecule has 0 amide bonds. The predicted octanol–water partition coefficient (Wildman–Crippen LogP) is 0.998. The zero-order valence-electron chi connectivity index (χ0n) is 6.33. The highest BCUT2D eigenvalue weighted by Crippen LogP contribution is 2.34. The molecule has 1 rings (SSSR count). The Labute approximate surface area is 60.4 Å². The molecule has 0 aromatic rings. The Morgan fingerprint density at radius 3 is 2.40 bits per heavy atom. The summed E-state index contributed by atoms with van der Waals surface area (Å²) in [4.78, 5) is 0. The minimum absolute atomic E-state index is 0.325. The molecule has 1 fully saturated rings. The molecule has 58 valence electrons. The summed E-state index contributed by atoms with van der Waals surface area (Å²) in [5, 5.41) is 21.0. The second-order valence-corrected chi connectivity index (χ2v) is 3.32. The number of nitrogens with zero attached hydrogens (tertiary/aromatic N) is 1. The minimum Gasteiger partial charge on any atom is -0.411 e. The van der Waals surface area contributed by atoms with Crippen molar-refractivity contribution in [2.75, 3.05) is 0 Å². The van der Waals surface area contributed by atoms with Crippen molar-refractivity contribution in [3.8, 4) is 0 Å². The van der Waals surface area contributed by atoms with Crippen molar-refractivity contribution in [2.45, 2.75) is 32.8 Å². The Morgan fingerprint density at radius 2 is 2.20 bits per heavy atom. The number of hydrogen-bond acceptors (Lipinski definition) is 3. The van der Waals surface area contributed by atoms with E-state index < -0.39 is 0 Å². The number of hydrogen-bond donors (Lipinski definition) is 2. The van der Waals surface area contributed by atoms with Crippen molar-refractivity contribution >= 4 is 5.71 Å². The van der Waals surface area contributed by atoms with Gasteiger partial charge < -0.3 is 10.3 Å². The summed E-state index contributed by atoms with van der Waals surface area (Å²) in [5.41, 5.74) is 0.384. The molecule has 1 atom stereocenters. The molecular formula is C7H13NO2. The van der Waals surface area contributed by atoms with E-state index in [0.717, 1.165) is 0 Å². The third-order valence-corrected chi connectivity index (χ3v) is 2.35. The van der Waals surface area contributed by atoms with Gasteiger partial charge in [-0.2, -0.15) is 0 Å². The van der Waals surface area contributed by atoms with E-state index in [1.807, 2.05) is 13.8 Å². The van der Waals surface area contributed by atoms with E-state index in [9.17, 15) is 5.11 Å². The van der Waals surface area contributed by atoms with E-state index in [4.69, 9.17) is 5.21 Å². The van der Waals surface area contributed by atoms with Gasteiger partial charge in [0.1, 0.15) is 0 Å². The maximum Gasteiger partial charge on any atom is 0.0653 e. The molecule has 0 aliphatic heterocycles. The first-order valence-corrected chi connectivity index (χ1v) is 3.48. The molecule has 1 aliphatic rings. The molecule has 0 aromatic carbocycles. The molecule has 0 aromatic heterocycles. The van der Waals surface area contributed by atoms with Gasteiger partial charge in [0.2, 0.25) is 0 Å². The number of aliphatic hydroxyl groups is 1. The zero-order valence-corrected chi connectivity index (χ0v) is 6.33. The molecule has 0 unspecified atom stereocenters. The highest BCUT2D eigenvalue weighted by atomic mass is 16.4. The Bertz CT molecular complexity index is 163. The Morgan fingerprint density at radius 1 is 1.60 bits per heavy atom. The van der Waals surface area contributed by atoms with Crippen molar-refractivity contribution in [3.63, 3.8) is 0 Å². The van der Waals surface area contributed by atoms with Crippen LogP contribution in [0.15, 0.2) is 5.16 Å². The lowest BCUT2D eigenvalue weighted by atomic mass is 9.88. The fourth-order valence-electron chi connectivity index (χ4n) is 1.33. The topological polar surface area (TPSA) is 52.8 Å². The average molecular weight is 143 g/mol. The molecule has 0 bridgehead atoms. The fraction of sp³-hybridized carbons (Fsp3) is 0.857. The van der Waals surface area contributed by atoms with E-state index >= 15 is 0 Å². The van der Waals surface area contributed by atoms with Crippen LogP contribution in [0.2, 0.25) is 0 Å². The van der Waals surface area contributed by atoms with Gasteiger partial charge in [-0.05, 0) is 12.8 Å². The maximum absolute atomic E-state index is 9.37. The van der Waals surface area contributed by atoms with Crippen LogP contribution >= 0.6 is 0 Å². The molecule has 0 saturated heterocycles. The SMILES string of the molecule is CC1(C)/C(=N/O)CC[C@@H]1O. The molecular weight excluding hydrogens is 130 g/mol. The summed E-state index contributed by atoms with van der Waals surface area (Å²) in [5.74, 6) is 0. The fourth-order valence-corrected chi connectivity index (χ4v) is 1.33. The molecule has 0 radical (unpaired) electrons. The molecule has 0 heterocycles. The van der Waals surface area contributed by atoms with Crippen molar-refractivity contribution < 1.29 is 10.3 Å². The minimum atomic E-state index is -0.349. The van der Waals surface area contributed by atoms with Crippen molar-refractivity contribution in [3.05, 3.63) is 0 Å². The van der Waals surface area contributed by atoms with Crippen LogP contribution in [0.5, 0.6) is 0 Å². The third-order valence-electron chi connectivity index (χ3n) is 2.35. The summed E-state index contributed by atoms with van der Waals surface area (Å²) in [6.07, 6.45) is 1.08. The first-order chi connectivity index (χ1) is 4.59. The Balaban J connectivity index is 2.84. The monoisotopic (exact) mass is 143 g/mol. The number of aliphatic hydroxyl groups excluding tert-OH is 1. The second kappa shape index (κ2) is 2.23. The van der Waals surface area contributed by atoms with Gasteiger partial charge in [0, 0.05) is 5.41 Å². The van der Waals surface area contributed by atoms with E-state index in [2.05, 4.69) is 5.16 Å². The quantitative estimate of drug-likeness (QED) is 0.392. The van der Waals surface area contributed by atoms with E-state index in [0.29, 0.717) is 18.6 Å². The van der Waals surface area contributed by atoms with Gasteiger partial charge in [0.05, 0.1) is 11.8 Å². The molecule has 3 heteroatoms. The van der Waals surface area contributed by atoms with E-state index in [1.54, 1.807) is 0 Å². The smallest absolute Gasteiger partial charge is 0.0653 e. The zero-order chi connectivity index (χ0) is 7.78. The molecule has 10 heavy (non-hydrogen) atoms. The molecule has 2 N–H and O–H groups in total. The molecule has 1 saturated carbocycles. The predicted molar refractivity (Wildman–Crippen MR) is 38.2 cm³/mol. The number of oxime groups is 1. The van der Waals surface area contributed by atoms with Crippen LogP contribution in [0.3, 0.4) is 0 Å². The van der Waals surface area contributed by atoms with Crippen LogP contribution < -0.4 is 0 Å². The first-order valence-electron chi connectivity index (χ1n) is 3.48. The Kier molecular flexibility index (Phi) is 1.68. The summed E-state index contributed by atoms with van der Waals surface area (Å²) in [7, 11) is 0. The van der Waals surface area contributed by atoms with Gasteiger partial charge in [-0.15, -0.1) is 0 Å².